The molecule has 0 saturated carbocycles. The second-order valence-corrected chi connectivity index (χ2v) is 23.4. The van der Waals surface area contributed by atoms with E-state index in [2.05, 4.69) is 82.7 Å². The van der Waals surface area contributed by atoms with E-state index >= 15 is 0 Å². The van der Waals surface area contributed by atoms with E-state index in [1.807, 2.05) is 34.9 Å². The first-order chi connectivity index (χ1) is 18.5. The number of anilines is 1. The van der Waals surface area contributed by atoms with Crippen LogP contribution in [0, 0.1) is 0 Å². The van der Waals surface area contributed by atoms with E-state index in [0.717, 1.165) is 5.56 Å². The zero-order chi connectivity index (χ0) is 29.5. The molecule has 40 heavy (non-hydrogen) atoms. The van der Waals surface area contributed by atoms with Crippen LogP contribution in [-0.2, 0) is 20.2 Å². The maximum atomic E-state index is 6.94. The Morgan fingerprint density at radius 2 is 1.62 bits per heavy atom. The molecule has 3 heterocycles. The number of nitrogen functional groups attached to an aromatic ring is 1. The van der Waals surface area contributed by atoms with Crippen molar-refractivity contribution in [2.45, 2.75) is 109 Å². The molecule has 1 fully saturated rings. The highest BCUT2D eigenvalue weighted by Crippen LogP contribution is 2.43. The molecule has 0 bridgehead atoms. The highest BCUT2D eigenvalue weighted by atomic mass is 28.4. The predicted molar refractivity (Wildman–Crippen MR) is 164 cm³/mol. The van der Waals surface area contributed by atoms with Gasteiger partial charge < -0.3 is 24.1 Å². The van der Waals surface area contributed by atoms with Crippen LogP contribution in [0.15, 0.2) is 36.7 Å². The summed E-state index contributed by atoms with van der Waals surface area (Å²) in [5.41, 5.74) is 8.29. The molecule has 0 amide bonds. The first-order valence-electron chi connectivity index (χ1n) is 14.1. The van der Waals surface area contributed by atoms with Crippen molar-refractivity contribution in [3.8, 4) is 5.88 Å². The van der Waals surface area contributed by atoms with Crippen molar-refractivity contribution in [3.63, 3.8) is 0 Å². The van der Waals surface area contributed by atoms with Gasteiger partial charge in [0.05, 0.1) is 19.0 Å². The summed E-state index contributed by atoms with van der Waals surface area (Å²) in [5.74, 6) is 0.483. The summed E-state index contributed by atoms with van der Waals surface area (Å²) in [7, 11) is -4.05. The monoisotopic (exact) mass is 585 g/mol. The number of fused-ring (bicyclic) bond motifs is 1. The summed E-state index contributed by atoms with van der Waals surface area (Å²) in [5, 5.41) is 0.177. The molecule has 1 aliphatic heterocycles. The first-order valence-corrected chi connectivity index (χ1v) is 19.9. The van der Waals surface area contributed by atoms with Gasteiger partial charge in [-0.25, -0.2) is 4.98 Å². The average Bonchev–Trinajstić information content (AvgIpc) is 3.44. The molecule has 3 aromatic rings. The molecule has 1 saturated heterocycles. The minimum atomic E-state index is -2.07. The maximum absolute atomic E-state index is 6.94. The number of rotatable bonds is 9. The Hall–Kier alpha value is -2.32. The summed E-state index contributed by atoms with van der Waals surface area (Å²) in [6, 6.07) is 9.92. The van der Waals surface area contributed by atoms with Crippen LogP contribution in [-0.4, -0.2) is 55.0 Å². The minimum Gasteiger partial charge on any atom is -0.471 e. The number of nitrogens with two attached hydrogens (primary N) is 1. The predicted octanol–water partition coefficient (Wildman–Crippen LogP) is 6.69. The summed E-state index contributed by atoms with van der Waals surface area (Å²) >= 11 is 0. The SMILES string of the molecule is CC(C)(C)[Si](C)(C)OC[C@H]1O[C@@H](n2cnc3c(OCc4ccccc4)nc(N)nc32)CC1O[Si](C)(C)C(C)(C)C. The molecule has 3 atom stereocenters. The van der Waals surface area contributed by atoms with Crippen LogP contribution in [0.4, 0.5) is 5.95 Å². The molecular formula is C29H47N5O4Si2. The number of aromatic nitrogens is 4. The van der Waals surface area contributed by atoms with Gasteiger partial charge in [-0.05, 0) is 41.8 Å². The third kappa shape index (κ3) is 6.59. The molecule has 9 nitrogen and oxygen atoms in total. The topological polar surface area (TPSA) is 107 Å². The lowest BCUT2D eigenvalue weighted by atomic mass is 10.2. The van der Waals surface area contributed by atoms with Crippen LogP contribution in [0.2, 0.25) is 36.3 Å². The molecule has 0 radical (unpaired) electrons. The Morgan fingerprint density at radius 3 is 2.25 bits per heavy atom. The van der Waals surface area contributed by atoms with Crippen molar-refractivity contribution in [2.24, 2.45) is 0 Å². The normalized spacial score (nSPS) is 20.8. The highest BCUT2D eigenvalue weighted by Gasteiger charge is 2.47. The van der Waals surface area contributed by atoms with Gasteiger partial charge in [0.25, 0.3) is 0 Å². The quantitative estimate of drug-likeness (QED) is 0.277. The van der Waals surface area contributed by atoms with Crippen LogP contribution in [0.5, 0.6) is 5.88 Å². The Labute approximate surface area is 241 Å². The van der Waals surface area contributed by atoms with Crippen LogP contribution in [0.25, 0.3) is 11.2 Å². The van der Waals surface area contributed by atoms with E-state index in [9.17, 15) is 0 Å². The van der Waals surface area contributed by atoms with Crippen LogP contribution >= 0.6 is 0 Å². The third-order valence-corrected chi connectivity index (χ3v) is 17.8. The molecule has 1 unspecified atom stereocenters. The van der Waals surface area contributed by atoms with Crippen molar-refractivity contribution in [3.05, 3.63) is 42.2 Å². The zero-order valence-electron chi connectivity index (χ0n) is 25.8. The van der Waals surface area contributed by atoms with Gasteiger partial charge in [0, 0.05) is 6.42 Å². The van der Waals surface area contributed by atoms with E-state index in [-0.39, 0.29) is 34.5 Å². The maximum Gasteiger partial charge on any atom is 0.247 e. The van der Waals surface area contributed by atoms with Gasteiger partial charge in [0.1, 0.15) is 18.9 Å². The largest absolute Gasteiger partial charge is 0.471 e. The van der Waals surface area contributed by atoms with Crippen molar-refractivity contribution >= 4 is 33.7 Å². The van der Waals surface area contributed by atoms with E-state index < -0.39 is 16.6 Å². The zero-order valence-corrected chi connectivity index (χ0v) is 27.8. The Morgan fingerprint density at radius 1 is 0.975 bits per heavy atom. The summed E-state index contributed by atoms with van der Waals surface area (Å²) < 4.78 is 28.2. The number of hydrogen-bond donors (Lipinski definition) is 1. The standard InChI is InChI=1S/C29H47N5O4Si2/c1-28(2,3)39(7,8)36-18-22-21(38-40(9,10)29(4,5)6)16-23(37-22)34-19-31-24-25(34)32-27(30)33-26(24)35-17-20-14-12-11-13-15-20/h11-15,19,21-23H,16-18H2,1-10H3,(H2,30,32,33)/t21?,22-,23-/m1/s1. The lowest BCUT2D eigenvalue weighted by molar-refractivity contribution is -0.0383. The number of imidazole rings is 1. The van der Waals surface area contributed by atoms with Crippen molar-refractivity contribution in [1.82, 2.24) is 19.5 Å². The summed E-state index contributed by atoms with van der Waals surface area (Å²) in [6.07, 6.45) is 1.75. The Balaban J connectivity index is 1.61. The third-order valence-electron chi connectivity index (χ3n) is 8.78. The summed E-state index contributed by atoms with van der Waals surface area (Å²) in [6.45, 7) is 23.5. The smallest absolute Gasteiger partial charge is 0.247 e. The molecule has 0 aliphatic carbocycles. The van der Waals surface area contributed by atoms with Gasteiger partial charge in [-0.15, -0.1) is 0 Å². The second kappa shape index (κ2) is 11.2. The van der Waals surface area contributed by atoms with Crippen molar-refractivity contribution in [1.29, 1.82) is 0 Å². The van der Waals surface area contributed by atoms with Crippen molar-refractivity contribution < 1.29 is 18.3 Å². The molecule has 1 aliphatic rings. The van der Waals surface area contributed by atoms with Gasteiger partial charge in [-0.2, -0.15) is 9.97 Å². The molecule has 11 heteroatoms. The molecule has 2 aromatic heterocycles. The minimum absolute atomic E-state index is 0.0737. The lowest BCUT2D eigenvalue weighted by Crippen LogP contribution is -2.48. The van der Waals surface area contributed by atoms with Gasteiger partial charge in [0.2, 0.25) is 11.8 Å². The van der Waals surface area contributed by atoms with Gasteiger partial charge in [-0.1, -0.05) is 71.9 Å². The highest BCUT2D eigenvalue weighted by molar-refractivity contribution is 6.74. The van der Waals surface area contributed by atoms with Crippen molar-refractivity contribution in [2.75, 3.05) is 12.3 Å². The molecule has 220 valence electrons. The molecule has 2 N–H and O–H groups in total. The Kier molecular flexibility index (Phi) is 8.55. The average molecular weight is 586 g/mol. The fourth-order valence-electron chi connectivity index (χ4n) is 4.15. The fourth-order valence-corrected chi connectivity index (χ4v) is 6.52. The first kappa shape index (κ1) is 30.6. The number of ether oxygens (including phenoxy) is 2. The number of benzene rings is 1. The lowest BCUT2D eigenvalue weighted by Gasteiger charge is -2.40. The van der Waals surface area contributed by atoms with E-state index in [4.69, 9.17) is 24.1 Å². The van der Waals surface area contributed by atoms with Gasteiger partial charge in [0.15, 0.2) is 27.8 Å². The van der Waals surface area contributed by atoms with E-state index in [0.29, 0.717) is 36.7 Å². The molecule has 4 rings (SSSR count). The van der Waals surface area contributed by atoms with E-state index in [1.165, 1.54) is 0 Å². The Bertz CT molecular complexity index is 1300. The fraction of sp³-hybridized carbons (Fsp3) is 0.621. The van der Waals surface area contributed by atoms with Crippen LogP contribution < -0.4 is 10.5 Å². The van der Waals surface area contributed by atoms with E-state index in [1.54, 1.807) is 6.33 Å². The molecule has 0 spiro atoms. The van der Waals surface area contributed by atoms with Crippen LogP contribution in [0.3, 0.4) is 0 Å². The van der Waals surface area contributed by atoms with Gasteiger partial charge in [-0.3, -0.25) is 4.57 Å². The number of nitrogens with zero attached hydrogens (tertiary/aromatic N) is 4. The summed E-state index contributed by atoms with van der Waals surface area (Å²) in [4.78, 5) is 13.5. The second-order valence-electron chi connectivity index (χ2n) is 13.8. The molecule has 1 aromatic carbocycles. The van der Waals surface area contributed by atoms with Gasteiger partial charge >= 0.3 is 0 Å². The molecular weight excluding hydrogens is 539 g/mol. The van der Waals surface area contributed by atoms with Crippen LogP contribution in [0.1, 0.15) is 59.8 Å². The number of hydrogen-bond acceptors (Lipinski definition) is 8.